The van der Waals surface area contributed by atoms with Crippen molar-refractivity contribution in [1.82, 2.24) is 20.3 Å². The topological polar surface area (TPSA) is 72.1 Å². The van der Waals surface area contributed by atoms with Gasteiger partial charge in [-0.05, 0) is 33.1 Å². The zero-order valence-corrected chi connectivity index (χ0v) is 14.2. The van der Waals surface area contributed by atoms with Crippen LogP contribution in [0.25, 0.3) is 0 Å². The van der Waals surface area contributed by atoms with Gasteiger partial charge in [-0.3, -0.25) is 4.79 Å². The first kappa shape index (κ1) is 15.5. The van der Waals surface area contributed by atoms with E-state index in [1.807, 2.05) is 24.8 Å². The Hall–Kier alpha value is -1.41. The first-order valence-electron chi connectivity index (χ1n) is 7.29. The SMILES string of the molecule is Cc1cc([C@@H]2CCCCN2C(=O)CSc2nnc(C)s2)no1. The van der Waals surface area contributed by atoms with Crippen LogP contribution < -0.4 is 0 Å². The van der Waals surface area contributed by atoms with Crippen molar-refractivity contribution in [3.05, 3.63) is 22.5 Å². The van der Waals surface area contributed by atoms with Gasteiger partial charge in [0, 0.05) is 12.6 Å². The molecule has 6 nitrogen and oxygen atoms in total. The number of rotatable bonds is 4. The van der Waals surface area contributed by atoms with Crippen molar-refractivity contribution in [3.8, 4) is 0 Å². The Balaban J connectivity index is 1.66. The number of aryl methyl sites for hydroxylation is 2. The van der Waals surface area contributed by atoms with Crippen LogP contribution in [0.3, 0.4) is 0 Å². The molecule has 0 spiro atoms. The van der Waals surface area contributed by atoms with Gasteiger partial charge in [0.1, 0.15) is 16.5 Å². The predicted molar refractivity (Wildman–Crippen MR) is 84.9 cm³/mol. The largest absolute Gasteiger partial charge is 0.361 e. The second-order valence-corrected chi connectivity index (χ2v) is 7.74. The number of thioether (sulfide) groups is 1. The van der Waals surface area contributed by atoms with E-state index in [0.29, 0.717) is 5.75 Å². The van der Waals surface area contributed by atoms with E-state index in [-0.39, 0.29) is 11.9 Å². The smallest absolute Gasteiger partial charge is 0.233 e. The minimum absolute atomic E-state index is 0.0375. The van der Waals surface area contributed by atoms with Gasteiger partial charge in [-0.1, -0.05) is 28.3 Å². The summed E-state index contributed by atoms with van der Waals surface area (Å²) < 4.78 is 6.01. The molecular formula is C14H18N4O2S2. The lowest BCUT2D eigenvalue weighted by molar-refractivity contribution is -0.132. The Labute approximate surface area is 137 Å². The molecule has 0 aromatic carbocycles. The molecule has 118 valence electrons. The molecule has 1 fully saturated rings. The van der Waals surface area contributed by atoms with Crippen molar-refractivity contribution in [2.75, 3.05) is 12.3 Å². The van der Waals surface area contributed by atoms with Crippen LogP contribution in [0.15, 0.2) is 14.9 Å². The fraction of sp³-hybridized carbons (Fsp3) is 0.571. The monoisotopic (exact) mass is 338 g/mol. The quantitative estimate of drug-likeness (QED) is 0.798. The van der Waals surface area contributed by atoms with E-state index in [1.165, 1.54) is 23.1 Å². The van der Waals surface area contributed by atoms with Crippen LogP contribution in [0, 0.1) is 13.8 Å². The van der Waals surface area contributed by atoms with Crippen LogP contribution in [-0.2, 0) is 4.79 Å². The number of hydrogen-bond acceptors (Lipinski definition) is 7. The second kappa shape index (κ2) is 6.78. The van der Waals surface area contributed by atoms with Gasteiger partial charge in [0.25, 0.3) is 0 Å². The average molecular weight is 338 g/mol. The van der Waals surface area contributed by atoms with Crippen LogP contribution in [0.2, 0.25) is 0 Å². The van der Waals surface area contributed by atoms with E-state index in [0.717, 1.165) is 46.6 Å². The molecule has 2 aromatic heterocycles. The fourth-order valence-electron chi connectivity index (χ4n) is 2.62. The minimum Gasteiger partial charge on any atom is -0.361 e. The third-order valence-corrected chi connectivity index (χ3v) is 5.59. The number of likely N-dealkylation sites (tertiary alicyclic amines) is 1. The van der Waals surface area contributed by atoms with Gasteiger partial charge < -0.3 is 9.42 Å². The number of carbonyl (C=O) groups is 1. The van der Waals surface area contributed by atoms with E-state index in [4.69, 9.17) is 4.52 Å². The number of nitrogens with zero attached hydrogens (tertiary/aromatic N) is 4. The first-order valence-corrected chi connectivity index (χ1v) is 9.09. The number of amides is 1. The standard InChI is InChI=1S/C14H18N4O2S2/c1-9-7-11(17-20-9)12-5-3-4-6-18(12)13(19)8-21-14-16-15-10(2)22-14/h7,12H,3-6,8H2,1-2H3/t12-/m0/s1. The Morgan fingerprint density at radius 2 is 2.32 bits per heavy atom. The Morgan fingerprint density at radius 1 is 1.45 bits per heavy atom. The van der Waals surface area contributed by atoms with E-state index in [9.17, 15) is 4.79 Å². The highest BCUT2D eigenvalue weighted by Gasteiger charge is 2.30. The van der Waals surface area contributed by atoms with Crippen molar-refractivity contribution in [3.63, 3.8) is 0 Å². The summed E-state index contributed by atoms with van der Waals surface area (Å²) in [5.41, 5.74) is 0.863. The van der Waals surface area contributed by atoms with Gasteiger partial charge in [-0.15, -0.1) is 10.2 Å². The summed E-state index contributed by atoms with van der Waals surface area (Å²) in [7, 11) is 0. The van der Waals surface area contributed by atoms with Gasteiger partial charge >= 0.3 is 0 Å². The second-order valence-electron chi connectivity index (χ2n) is 5.34. The zero-order valence-electron chi connectivity index (χ0n) is 12.6. The van der Waals surface area contributed by atoms with E-state index < -0.39 is 0 Å². The van der Waals surface area contributed by atoms with Gasteiger partial charge in [-0.2, -0.15) is 0 Å². The van der Waals surface area contributed by atoms with Crippen LogP contribution in [-0.4, -0.2) is 38.5 Å². The average Bonchev–Trinajstić information content (AvgIpc) is 3.13. The molecule has 0 saturated carbocycles. The first-order chi connectivity index (χ1) is 10.6. The molecule has 0 radical (unpaired) electrons. The van der Waals surface area contributed by atoms with Crippen LogP contribution >= 0.6 is 23.1 Å². The Bertz CT molecular complexity index is 655. The van der Waals surface area contributed by atoms with Crippen molar-refractivity contribution >= 4 is 29.0 Å². The molecule has 1 saturated heterocycles. The fourth-order valence-corrected chi connectivity index (χ4v) is 4.33. The molecule has 3 rings (SSSR count). The number of piperidine rings is 1. The molecule has 0 aliphatic carbocycles. The Morgan fingerprint density at radius 3 is 3.00 bits per heavy atom. The van der Waals surface area contributed by atoms with E-state index >= 15 is 0 Å². The molecule has 1 atom stereocenters. The molecular weight excluding hydrogens is 320 g/mol. The van der Waals surface area contributed by atoms with Crippen molar-refractivity contribution in [2.24, 2.45) is 0 Å². The zero-order chi connectivity index (χ0) is 15.5. The summed E-state index contributed by atoms with van der Waals surface area (Å²) >= 11 is 2.97. The molecule has 1 amide bonds. The summed E-state index contributed by atoms with van der Waals surface area (Å²) in [4.78, 5) is 14.5. The lowest BCUT2D eigenvalue weighted by atomic mass is 9.99. The molecule has 0 bridgehead atoms. The summed E-state index contributed by atoms with van der Waals surface area (Å²) in [5.74, 6) is 1.30. The number of hydrogen-bond donors (Lipinski definition) is 0. The predicted octanol–water partition coefficient (Wildman–Crippen LogP) is 2.99. The molecule has 2 aromatic rings. The van der Waals surface area contributed by atoms with Crippen molar-refractivity contribution in [2.45, 2.75) is 43.5 Å². The molecule has 1 aliphatic rings. The van der Waals surface area contributed by atoms with Crippen molar-refractivity contribution < 1.29 is 9.32 Å². The number of aromatic nitrogens is 3. The highest BCUT2D eigenvalue weighted by Crippen LogP contribution is 2.32. The number of carbonyl (C=O) groups excluding carboxylic acids is 1. The van der Waals surface area contributed by atoms with Crippen LogP contribution in [0.1, 0.15) is 41.8 Å². The minimum atomic E-state index is 0.0375. The van der Waals surface area contributed by atoms with E-state index in [1.54, 1.807) is 0 Å². The maximum Gasteiger partial charge on any atom is 0.233 e. The lowest BCUT2D eigenvalue weighted by Crippen LogP contribution is -2.39. The normalized spacial score (nSPS) is 18.6. The third-order valence-electron chi connectivity index (χ3n) is 3.64. The molecule has 1 aliphatic heterocycles. The lowest BCUT2D eigenvalue weighted by Gasteiger charge is -2.34. The highest BCUT2D eigenvalue weighted by atomic mass is 32.2. The molecule has 0 unspecified atom stereocenters. The van der Waals surface area contributed by atoms with Gasteiger partial charge in [0.2, 0.25) is 5.91 Å². The summed E-state index contributed by atoms with van der Waals surface area (Å²) in [6, 6.07) is 1.97. The highest BCUT2D eigenvalue weighted by molar-refractivity contribution is 8.01. The van der Waals surface area contributed by atoms with Crippen LogP contribution in [0.4, 0.5) is 0 Å². The molecule has 3 heterocycles. The third kappa shape index (κ3) is 3.49. The van der Waals surface area contributed by atoms with Gasteiger partial charge in [0.15, 0.2) is 4.34 Å². The molecule has 0 N–H and O–H groups in total. The van der Waals surface area contributed by atoms with Gasteiger partial charge in [-0.25, -0.2) is 0 Å². The van der Waals surface area contributed by atoms with E-state index in [2.05, 4.69) is 15.4 Å². The summed E-state index contributed by atoms with van der Waals surface area (Å²) in [6.45, 7) is 4.57. The Kier molecular flexibility index (Phi) is 4.77. The molecule has 8 heteroatoms. The summed E-state index contributed by atoms with van der Waals surface area (Å²) in [6.07, 6.45) is 3.10. The van der Waals surface area contributed by atoms with Crippen LogP contribution in [0.5, 0.6) is 0 Å². The van der Waals surface area contributed by atoms with Crippen molar-refractivity contribution in [1.29, 1.82) is 0 Å². The van der Waals surface area contributed by atoms with Gasteiger partial charge in [0.05, 0.1) is 11.8 Å². The maximum absolute atomic E-state index is 12.6. The molecule has 22 heavy (non-hydrogen) atoms. The summed E-state index contributed by atoms with van der Waals surface area (Å²) in [5, 5.41) is 13.0. The maximum atomic E-state index is 12.6.